The maximum Gasteiger partial charge on any atom is 0.227 e. The minimum Gasteiger partial charge on any atom is -0.383 e. The normalized spacial score (nSPS) is 21.0. The summed E-state index contributed by atoms with van der Waals surface area (Å²) in [6, 6.07) is 0.256. The summed E-state index contributed by atoms with van der Waals surface area (Å²) in [6.45, 7) is 7.54. The monoisotopic (exact) mass is 277 g/mol. The zero-order valence-corrected chi connectivity index (χ0v) is 13.2. The molecular weight excluding hydrogens is 250 g/mol. The number of carbonyl (C=O) groups is 1. The molecule has 1 saturated heterocycles. The maximum absolute atomic E-state index is 12.4. The first-order valence-corrected chi connectivity index (χ1v) is 7.37. The summed E-state index contributed by atoms with van der Waals surface area (Å²) in [4.78, 5) is 14.4. The van der Waals surface area contributed by atoms with Crippen LogP contribution in [0.4, 0.5) is 0 Å². The third kappa shape index (κ3) is 4.97. The zero-order valence-electron chi connectivity index (χ0n) is 13.2. The van der Waals surface area contributed by atoms with Gasteiger partial charge in [0.1, 0.15) is 0 Å². The molecule has 0 saturated carbocycles. The van der Waals surface area contributed by atoms with Crippen molar-refractivity contribution in [3.63, 3.8) is 0 Å². The average molecular weight is 277 g/mol. The minimum absolute atomic E-state index is 0.210. The van der Waals surface area contributed by atoms with Crippen molar-refractivity contribution < 1.29 is 9.53 Å². The summed E-state index contributed by atoms with van der Waals surface area (Å²) < 4.78 is 5.20. The first kappa shape index (κ1) is 16.7. The van der Waals surface area contributed by atoms with Crippen LogP contribution in [0, 0.1) is 0 Å². The molecule has 0 radical (unpaired) electrons. The molecule has 1 heterocycles. The van der Waals surface area contributed by atoms with E-state index in [-0.39, 0.29) is 11.9 Å². The SMILES string of the molecule is C\C=C(/C=C(C)\C=C\C)CC(=O)N1CCC[C@@H]1COC. The van der Waals surface area contributed by atoms with Gasteiger partial charge in [0, 0.05) is 13.7 Å². The highest BCUT2D eigenvalue weighted by atomic mass is 16.5. The fraction of sp³-hybridized carbons (Fsp3) is 0.588. The fourth-order valence-electron chi connectivity index (χ4n) is 2.65. The first-order chi connectivity index (χ1) is 9.62. The molecule has 1 atom stereocenters. The molecule has 0 N–H and O–H groups in total. The summed E-state index contributed by atoms with van der Waals surface area (Å²) in [5.74, 6) is 0.210. The molecule has 1 fully saturated rings. The summed E-state index contributed by atoms with van der Waals surface area (Å²) >= 11 is 0. The highest BCUT2D eigenvalue weighted by Gasteiger charge is 2.28. The molecule has 3 heteroatoms. The van der Waals surface area contributed by atoms with Gasteiger partial charge in [0.15, 0.2) is 0 Å². The fourth-order valence-corrected chi connectivity index (χ4v) is 2.65. The summed E-state index contributed by atoms with van der Waals surface area (Å²) in [5, 5.41) is 0. The van der Waals surface area contributed by atoms with Crippen molar-refractivity contribution >= 4 is 5.91 Å². The standard InChI is InChI=1S/C17H27NO2/c1-5-8-14(3)11-15(6-2)12-17(19)18-10-7-9-16(18)13-20-4/h5-6,8,11,16H,7,9-10,12-13H2,1-4H3/b8-5+,14-11-,15-6+/t16-/m1/s1. The van der Waals surface area contributed by atoms with Crippen molar-refractivity contribution in [2.45, 2.75) is 46.1 Å². The number of rotatable bonds is 6. The Bertz CT molecular complexity index is 407. The third-order valence-electron chi connectivity index (χ3n) is 3.63. The number of nitrogens with zero attached hydrogens (tertiary/aromatic N) is 1. The summed E-state index contributed by atoms with van der Waals surface area (Å²) in [7, 11) is 1.70. The smallest absolute Gasteiger partial charge is 0.227 e. The van der Waals surface area contributed by atoms with Gasteiger partial charge in [-0.15, -0.1) is 0 Å². The molecular formula is C17H27NO2. The van der Waals surface area contributed by atoms with Crippen LogP contribution in [-0.2, 0) is 9.53 Å². The van der Waals surface area contributed by atoms with Crippen LogP contribution in [-0.4, -0.2) is 37.1 Å². The third-order valence-corrected chi connectivity index (χ3v) is 3.63. The molecule has 1 aliphatic heterocycles. The Kier molecular flexibility index (Phi) is 7.31. The van der Waals surface area contributed by atoms with Crippen molar-refractivity contribution in [2.24, 2.45) is 0 Å². The van der Waals surface area contributed by atoms with Crippen LogP contribution < -0.4 is 0 Å². The maximum atomic E-state index is 12.4. The van der Waals surface area contributed by atoms with E-state index in [9.17, 15) is 4.79 Å². The Labute approximate surface area is 123 Å². The van der Waals surface area contributed by atoms with E-state index in [1.54, 1.807) is 7.11 Å². The Morgan fingerprint density at radius 1 is 1.40 bits per heavy atom. The second-order valence-electron chi connectivity index (χ2n) is 5.27. The van der Waals surface area contributed by atoms with E-state index < -0.39 is 0 Å². The van der Waals surface area contributed by atoms with Gasteiger partial charge >= 0.3 is 0 Å². The second kappa shape index (κ2) is 8.75. The van der Waals surface area contributed by atoms with Crippen molar-refractivity contribution in [3.05, 3.63) is 35.5 Å². The van der Waals surface area contributed by atoms with Gasteiger partial charge in [0.05, 0.1) is 19.1 Å². The van der Waals surface area contributed by atoms with Crippen molar-refractivity contribution in [1.82, 2.24) is 4.90 Å². The van der Waals surface area contributed by atoms with E-state index in [1.807, 2.05) is 30.9 Å². The molecule has 0 aromatic carbocycles. The van der Waals surface area contributed by atoms with Crippen LogP contribution in [0.25, 0.3) is 0 Å². The zero-order chi connectivity index (χ0) is 15.0. The number of ether oxygens (including phenoxy) is 1. The molecule has 112 valence electrons. The Morgan fingerprint density at radius 3 is 2.75 bits per heavy atom. The van der Waals surface area contributed by atoms with Crippen molar-refractivity contribution in [2.75, 3.05) is 20.3 Å². The molecule has 0 aromatic heterocycles. The van der Waals surface area contributed by atoms with Gasteiger partial charge in [-0.05, 0) is 39.2 Å². The van der Waals surface area contributed by atoms with E-state index in [0.29, 0.717) is 13.0 Å². The van der Waals surface area contributed by atoms with Gasteiger partial charge < -0.3 is 9.64 Å². The van der Waals surface area contributed by atoms with E-state index >= 15 is 0 Å². The van der Waals surface area contributed by atoms with Gasteiger partial charge in [-0.2, -0.15) is 0 Å². The molecule has 0 aromatic rings. The largest absolute Gasteiger partial charge is 0.383 e. The first-order valence-electron chi connectivity index (χ1n) is 7.37. The average Bonchev–Trinajstić information content (AvgIpc) is 2.87. The topological polar surface area (TPSA) is 29.5 Å². The summed E-state index contributed by atoms with van der Waals surface area (Å²) in [5.41, 5.74) is 2.25. The molecule has 0 bridgehead atoms. The molecule has 1 amide bonds. The molecule has 0 aliphatic carbocycles. The molecule has 0 unspecified atom stereocenters. The Hall–Kier alpha value is -1.35. The summed E-state index contributed by atoms with van der Waals surface area (Å²) in [6.07, 6.45) is 10.8. The van der Waals surface area contributed by atoms with Gasteiger partial charge in [0.2, 0.25) is 5.91 Å². The highest BCUT2D eigenvalue weighted by Crippen LogP contribution is 2.20. The molecule has 3 nitrogen and oxygen atoms in total. The number of carbonyl (C=O) groups excluding carboxylic acids is 1. The Balaban J connectivity index is 2.66. The van der Waals surface area contributed by atoms with Crippen LogP contribution >= 0.6 is 0 Å². The van der Waals surface area contributed by atoms with Crippen LogP contribution in [0.5, 0.6) is 0 Å². The minimum atomic E-state index is 0.210. The van der Waals surface area contributed by atoms with E-state index in [4.69, 9.17) is 4.74 Å². The van der Waals surface area contributed by atoms with Gasteiger partial charge in [-0.1, -0.05) is 29.9 Å². The lowest BCUT2D eigenvalue weighted by Crippen LogP contribution is -2.38. The van der Waals surface area contributed by atoms with Gasteiger partial charge in [0.25, 0.3) is 0 Å². The molecule has 0 spiro atoms. The number of hydrogen-bond donors (Lipinski definition) is 0. The molecule has 1 aliphatic rings. The van der Waals surface area contributed by atoms with Crippen LogP contribution in [0.3, 0.4) is 0 Å². The Morgan fingerprint density at radius 2 is 2.15 bits per heavy atom. The predicted molar refractivity (Wildman–Crippen MR) is 83.6 cm³/mol. The van der Waals surface area contributed by atoms with E-state index in [1.165, 1.54) is 5.57 Å². The van der Waals surface area contributed by atoms with Crippen LogP contribution in [0.1, 0.15) is 40.0 Å². The predicted octanol–water partition coefficient (Wildman–Crippen LogP) is 3.48. The number of amides is 1. The molecule has 1 rings (SSSR count). The highest BCUT2D eigenvalue weighted by molar-refractivity contribution is 5.80. The van der Waals surface area contributed by atoms with Crippen LogP contribution in [0.2, 0.25) is 0 Å². The van der Waals surface area contributed by atoms with E-state index in [2.05, 4.69) is 19.1 Å². The second-order valence-corrected chi connectivity index (χ2v) is 5.27. The lowest BCUT2D eigenvalue weighted by atomic mass is 10.1. The quantitative estimate of drug-likeness (QED) is 0.696. The molecule has 20 heavy (non-hydrogen) atoms. The van der Waals surface area contributed by atoms with Crippen molar-refractivity contribution in [3.8, 4) is 0 Å². The van der Waals surface area contributed by atoms with Crippen LogP contribution in [0.15, 0.2) is 35.5 Å². The number of hydrogen-bond acceptors (Lipinski definition) is 2. The van der Waals surface area contributed by atoms with E-state index in [0.717, 1.165) is 25.0 Å². The number of likely N-dealkylation sites (tertiary alicyclic amines) is 1. The lowest BCUT2D eigenvalue weighted by Gasteiger charge is -2.24. The van der Waals surface area contributed by atoms with Crippen molar-refractivity contribution in [1.29, 1.82) is 0 Å². The number of methoxy groups -OCH3 is 1. The number of allylic oxidation sites excluding steroid dienone is 5. The van der Waals surface area contributed by atoms with Gasteiger partial charge in [-0.3, -0.25) is 4.79 Å². The van der Waals surface area contributed by atoms with Gasteiger partial charge in [-0.25, -0.2) is 0 Å². The lowest BCUT2D eigenvalue weighted by molar-refractivity contribution is -0.132.